The first-order valence-corrected chi connectivity index (χ1v) is 10.4. The second-order valence-electron chi connectivity index (χ2n) is 7.09. The number of carbonyl (C=O) groups is 2. The highest BCUT2D eigenvalue weighted by molar-refractivity contribution is 6.27. The third-order valence-electron chi connectivity index (χ3n) is 5.13. The molecule has 0 spiro atoms. The Morgan fingerprint density at radius 1 is 1.18 bits per heavy atom. The first-order chi connectivity index (χ1) is 13.6. The van der Waals surface area contributed by atoms with Gasteiger partial charge in [0, 0.05) is 26.3 Å². The third-order valence-corrected chi connectivity index (χ3v) is 5.35. The molecular formula is C21H31ClN2O4. The molecule has 0 bridgehead atoms. The monoisotopic (exact) mass is 410 g/mol. The summed E-state index contributed by atoms with van der Waals surface area (Å²) in [5.74, 6) is 0.103. The number of nitrogens with zero attached hydrogens (tertiary/aromatic N) is 1. The summed E-state index contributed by atoms with van der Waals surface area (Å²) < 4.78 is 10.3. The van der Waals surface area contributed by atoms with Crippen LogP contribution >= 0.6 is 11.6 Å². The van der Waals surface area contributed by atoms with Crippen molar-refractivity contribution in [1.82, 2.24) is 10.2 Å². The molecule has 0 radical (unpaired) electrons. The molecule has 1 aliphatic carbocycles. The van der Waals surface area contributed by atoms with E-state index in [9.17, 15) is 9.59 Å². The predicted octanol–water partition coefficient (Wildman–Crippen LogP) is 3.29. The van der Waals surface area contributed by atoms with Crippen molar-refractivity contribution < 1.29 is 19.1 Å². The van der Waals surface area contributed by atoms with Crippen LogP contribution in [0.4, 0.5) is 0 Å². The Balaban J connectivity index is 2.27. The van der Waals surface area contributed by atoms with Crippen molar-refractivity contribution in [3.8, 4) is 5.75 Å². The van der Waals surface area contributed by atoms with Gasteiger partial charge in [-0.3, -0.25) is 9.59 Å². The largest absolute Gasteiger partial charge is 0.497 e. The zero-order chi connectivity index (χ0) is 20.4. The van der Waals surface area contributed by atoms with Gasteiger partial charge in [-0.2, -0.15) is 0 Å². The van der Waals surface area contributed by atoms with Gasteiger partial charge in [-0.25, -0.2) is 0 Å². The average molecular weight is 411 g/mol. The Hall–Kier alpha value is -1.79. The Labute approximate surface area is 172 Å². The van der Waals surface area contributed by atoms with Crippen molar-refractivity contribution in [2.24, 2.45) is 0 Å². The number of methoxy groups -OCH3 is 2. The number of halogens is 1. The van der Waals surface area contributed by atoms with Crippen LogP contribution in [-0.2, 0) is 14.3 Å². The van der Waals surface area contributed by atoms with Gasteiger partial charge < -0.3 is 19.7 Å². The Morgan fingerprint density at radius 3 is 2.43 bits per heavy atom. The van der Waals surface area contributed by atoms with Gasteiger partial charge in [-0.15, -0.1) is 11.6 Å². The normalized spacial score (nSPS) is 15.7. The zero-order valence-corrected chi connectivity index (χ0v) is 17.5. The van der Waals surface area contributed by atoms with Crippen LogP contribution in [0.1, 0.15) is 50.1 Å². The van der Waals surface area contributed by atoms with E-state index in [1.54, 1.807) is 31.3 Å². The first kappa shape index (κ1) is 22.5. The maximum Gasteiger partial charge on any atom is 0.247 e. The summed E-state index contributed by atoms with van der Waals surface area (Å²) in [6.07, 6.45) is 6.04. The summed E-state index contributed by atoms with van der Waals surface area (Å²) in [4.78, 5) is 27.4. The molecule has 156 valence electrons. The fourth-order valence-electron chi connectivity index (χ4n) is 3.64. The van der Waals surface area contributed by atoms with E-state index in [1.165, 1.54) is 6.42 Å². The lowest BCUT2D eigenvalue weighted by molar-refractivity contribution is -0.139. The average Bonchev–Trinajstić information content (AvgIpc) is 2.73. The lowest BCUT2D eigenvalue weighted by Crippen LogP contribution is -2.47. The van der Waals surface area contributed by atoms with E-state index in [1.807, 2.05) is 12.1 Å². The minimum atomic E-state index is -0.726. The van der Waals surface area contributed by atoms with E-state index in [4.69, 9.17) is 21.1 Å². The molecule has 1 aromatic rings. The summed E-state index contributed by atoms with van der Waals surface area (Å²) >= 11 is 5.86. The van der Waals surface area contributed by atoms with E-state index in [0.29, 0.717) is 25.3 Å². The molecule has 7 heteroatoms. The summed E-state index contributed by atoms with van der Waals surface area (Å²) in [7, 11) is 3.21. The molecule has 2 rings (SSSR count). The van der Waals surface area contributed by atoms with Crippen LogP contribution in [0.3, 0.4) is 0 Å². The number of benzene rings is 1. The molecule has 1 atom stereocenters. The molecule has 6 nitrogen and oxygen atoms in total. The number of nitrogens with one attached hydrogen (secondary N) is 1. The summed E-state index contributed by atoms with van der Waals surface area (Å²) in [6, 6.07) is 6.69. The highest BCUT2D eigenvalue weighted by atomic mass is 35.5. The molecule has 28 heavy (non-hydrogen) atoms. The molecule has 2 amide bonds. The van der Waals surface area contributed by atoms with Crippen molar-refractivity contribution in [1.29, 1.82) is 0 Å². The molecule has 1 saturated carbocycles. The number of rotatable bonds is 10. The second-order valence-corrected chi connectivity index (χ2v) is 7.35. The quantitative estimate of drug-likeness (QED) is 0.474. The Kier molecular flexibility index (Phi) is 9.58. The van der Waals surface area contributed by atoms with Crippen molar-refractivity contribution in [3.05, 3.63) is 29.8 Å². The highest BCUT2D eigenvalue weighted by Gasteiger charge is 2.32. The fraction of sp³-hybridized carbons (Fsp3) is 0.619. The molecular weight excluding hydrogens is 380 g/mol. The van der Waals surface area contributed by atoms with Gasteiger partial charge in [0.05, 0.1) is 7.11 Å². The van der Waals surface area contributed by atoms with Gasteiger partial charge >= 0.3 is 0 Å². The predicted molar refractivity (Wildman–Crippen MR) is 110 cm³/mol. The molecule has 0 aromatic heterocycles. The molecule has 1 aliphatic rings. The van der Waals surface area contributed by atoms with Crippen LogP contribution < -0.4 is 10.1 Å². The highest BCUT2D eigenvalue weighted by Crippen LogP contribution is 2.26. The van der Waals surface area contributed by atoms with E-state index < -0.39 is 6.04 Å². The third kappa shape index (κ3) is 6.38. The van der Waals surface area contributed by atoms with Crippen molar-refractivity contribution in [2.75, 3.05) is 33.3 Å². The van der Waals surface area contributed by atoms with Crippen LogP contribution in [0, 0.1) is 0 Å². The smallest absolute Gasteiger partial charge is 0.247 e. The van der Waals surface area contributed by atoms with Gasteiger partial charge in [0.25, 0.3) is 0 Å². The van der Waals surface area contributed by atoms with E-state index >= 15 is 0 Å². The summed E-state index contributed by atoms with van der Waals surface area (Å²) in [5.41, 5.74) is 0.741. The van der Waals surface area contributed by atoms with Crippen LogP contribution in [0.5, 0.6) is 5.75 Å². The fourth-order valence-corrected chi connectivity index (χ4v) is 3.79. The maximum atomic E-state index is 13.3. The van der Waals surface area contributed by atoms with E-state index in [0.717, 1.165) is 31.2 Å². The topological polar surface area (TPSA) is 67.9 Å². The summed E-state index contributed by atoms with van der Waals surface area (Å²) in [6.45, 7) is 0.903. The number of amides is 2. The van der Waals surface area contributed by atoms with Crippen molar-refractivity contribution >= 4 is 23.4 Å². The molecule has 0 saturated heterocycles. The molecule has 0 aliphatic heterocycles. The second kappa shape index (κ2) is 11.9. The van der Waals surface area contributed by atoms with Crippen LogP contribution in [0.15, 0.2) is 24.3 Å². The van der Waals surface area contributed by atoms with Gasteiger partial charge in [0.1, 0.15) is 17.7 Å². The lowest BCUT2D eigenvalue weighted by atomic mass is 9.94. The minimum Gasteiger partial charge on any atom is -0.497 e. The molecule has 1 N–H and O–H groups in total. The molecule has 1 aromatic carbocycles. The summed E-state index contributed by atoms with van der Waals surface area (Å²) in [5, 5.41) is 3.16. The molecule has 1 unspecified atom stereocenters. The number of hydrogen-bond acceptors (Lipinski definition) is 4. The lowest BCUT2D eigenvalue weighted by Gasteiger charge is -2.33. The molecule has 1 fully saturated rings. The van der Waals surface area contributed by atoms with Gasteiger partial charge in [-0.1, -0.05) is 31.4 Å². The van der Waals surface area contributed by atoms with Gasteiger partial charge in [0.2, 0.25) is 11.8 Å². The Bertz CT molecular complexity index is 617. The van der Waals surface area contributed by atoms with Gasteiger partial charge in [-0.05, 0) is 37.0 Å². The number of ether oxygens (including phenoxy) is 2. The Morgan fingerprint density at radius 2 is 1.86 bits per heavy atom. The maximum absolute atomic E-state index is 13.3. The van der Waals surface area contributed by atoms with Crippen LogP contribution in [0.2, 0.25) is 0 Å². The number of carbonyl (C=O) groups excluding carboxylic acids is 2. The van der Waals surface area contributed by atoms with Crippen molar-refractivity contribution in [2.45, 2.75) is 50.6 Å². The van der Waals surface area contributed by atoms with Crippen molar-refractivity contribution in [3.63, 3.8) is 0 Å². The van der Waals surface area contributed by atoms with E-state index in [2.05, 4.69) is 5.32 Å². The number of alkyl halides is 1. The van der Waals surface area contributed by atoms with E-state index in [-0.39, 0.29) is 23.7 Å². The van der Waals surface area contributed by atoms with Crippen LogP contribution in [-0.4, -0.2) is 56.0 Å². The zero-order valence-electron chi connectivity index (χ0n) is 16.8. The minimum absolute atomic E-state index is 0.159. The van der Waals surface area contributed by atoms with Gasteiger partial charge in [0.15, 0.2) is 0 Å². The first-order valence-electron chi connectivity index (χ1n) is 9.89. The van der Waals surface area contributed by atoms with Crippen LogP contribution in [0.25, 0.3) is 0 Å². The SMILES string of the molecule is COCCCN(C(=O)CCl)C(C(=O)NC1CCCCC1)c1ccc(OC)cc1. The number of hydrogen-bond donors (Lipinski definition) is 1. The standard InChI is InChI=1S/C21H31ClN2O4/c1-27-14-6-13-24(19(25)15-22)20(16-9-11-18(28-2)12-10-16)21(26)23-17-7-4-3-5-8-17/h9-12,17,20H,3-8,13-15H2,1-2H3,(H,23,26). The molecule has 0 heterocycles.